The minimum atomic E-state index is 0.791. The number of carbonyl (C=O) groups excluding carboxylic acids is 1. The summed E-state index contributed by atoms with van der Waals surface area (Å²) in [6.45, 7) is 7.93. The molecule has 6 nitrogen and oxygen atoms in total. The van der Waals surface area contributed by atoms with Gasteiger partial charge in [-0.3, -0.25) is 24.5 Å². The Hall–Kier alpha value is -3.74. The minimum absolute atomic E-state index is 0.791. The van der Waals surface area contributed by atoms with Crippen molar-refractivity contribution in [3.63, 3.8) is 0 Å². The molecule has 0 radical (unpaired) electrons. The Morgan fingerprint density at radius 2 is 1.46 bits per heavy atom. The fourth-order valence-corrected chi connectivity index (χ4v) is 4.84. The van der Waals surface area contributed by atoms with Gasteiger partial charge in [-0.15, -0.1) is 0 Å². The van der Waals surface area contributed by atoms with E-state index in [0.717, 1.165) is 79.6 Å². The Labute approximate surface area is 206 Å². The van der Waals surface area contributed by atoms with E-state index < -0.39 is 0 Å². The smallest absolute Gasteiger partial charge is 0.218 e. The molecular weight excluding hydrogens is 434 g/mol. The van der Waals surface area contributed by atoms with Crippen LogP contribution in [0.25, 0.3) is 11.3 Å². The SMILES string of the molecule is Cc1[nH]c(-c2ccccc2)c(N(C=O)c2ccncc2)c1CN1CCN(Cc2ccccc2)CC1. The molecule has 1 saturated heterocycles. The van der Waals surface area contributed by atoms with Crippen LogP contribution in [0.15, 0.2) is 85.2 Å². The van der Waals surface area contributed by atoms with E-state index in [9.17, 15) is 4.79 Å². The summed E-state index contributed by atoms with van der Waals surface area (Å²) in [6, 6.07) is 24.6. The van der Waals surface area contributed by atoms with Crippen molar-refractivity contribution in [1.82, 2.24) is 19.8 Å². The van der Waals surface area contributed by atoms with Gasteiger partial charge < -0.3 is 4.98 Å². The predicted octanol–water partition coefficient (Wildman–Crippen LogP) is 5.00. The molecule has 5 rings (SSSR count). The molecular formula is C29H31N5O. The number of nitrogens with zero attached hydrogens (tertiary/aromatic N) is 4. The summed E-state index contributed by atoms with van der Waals surface area (Å²) in [4.78, 5) is 26.9. The van der Waals surface area contributed by atoms with Gasteiger partial charge in [-0.25, -0.2) is 0 Å². The number of H-pyrrole nitrogens is 1. The number of amides is 1. The maximum absolute atomic E-state index is 12.4. The normalized spacial score (nSPS) is 14.7. The largest absolute Gasteiger partial charge is 0.357 e. The number of rotatable bonds is 8. The average molecular weight is 466 g/mol. The van der Waals surface area contributed by atoms with Crippen molar-refractivity contribution < 1.29 is 4.79 Å². The van der Waals surface area contributed by atoms with Crippen molar-refractivity contribution in [2.45, 2.75) is 20.0 Å². The zero-order chi connectivity index (χ0) is 24.0. The molecule has 1 amide bonds. The lowest BCUT2D eigenvalue weighted by Crippen LogP contribution is -2.45. The molecule has 1 aliphatic rings. The molecule has 1 aliphatic heterocycles. The Morgan fingerprint density at radius 3 is 2.09 bits per heavy atom. The van der Waals surface area contributed by atoms with E-state index in [4.69, 9.17) is 0 Å². The summed E-state index contributed by atoms with van der Waals surface area (Å²) in [7, 11) is 0. The summed E-state index contributed by atoms with van der Waals surface area (Å²) < 4.78 is 0. The zero-order valence-corrected chi connectivity index (χ0v) is 20.1. The quantitative estimate of drug-likeness (QED) is 0.372. The molecule has 0 aliphatic carbocycles. The molecule has 0 spiro atoms. The van der Waals surface area contributed by atoms with Gasteiger partial charge in [0.15, 0.2) is 0 Å². The van der Waals surface area contributed by atoms with Gasteiger partial charge in [0.1, 0.15) is 0 Å². The van der Waals surface area contributed by atoms with E-state index in [1.165, 1.54) is 5.56 Å². The van der Waals surface area contributed by atoms with Crippen molar-refractivity contribution in [2.75, 3.05) is 31.1 Å². The third-order valence-corrected chi connectivity index (χ3v) is 6.73. The van der Waals surface area contributed by atoms with Crippen molar-refractivity contribution in [1.29, 1.82) is 0 Å². The minimum Gasteiger partial charge on any atom is -0.357 e. The number of hydrogen-bond acceptors (Lipinski definition) is 4. The van der Waals surface area contributed by atoms with Crippen LogP contribution in [0, 0.1) is 6.92 Å². The molecule has 0 atom stereocenters. The highest BCUT2D eigenvalue weighted by atomic mass is 16.1. The van der Waals surface area contributed by atoms with Crippen molar-refractivity contribution in [2.24, 2.45) is 0 Å². The van der Waals surface area contributed by atoms with Crippen LogP contribution >= 0.6 is 0 Å². The van der Waals surface area contributed by atoms with Crippen molar-refractivity contribution in [3.8, 4) is 11.3 Å². The summed E-state index contributed by atoms with van der Waals surface area (Å²) in [5.74, 6) is 0. The lowest BCUT2D eigenvalue weighted by molar-refractivity contribution is -0.106. The van der Waals surface area contributed by atoms with E-state index in [-0.39, 0.29) is 0 Å². The highest BCUT2D eigenvalue weighted by Crippen LogP contribution is 2.39. The van der Waals surface area contributed by atoms with Crippen LogP contribution in [0.3, 0.4) is 0 Å². The van der Waals surface area contributed by atoms with E-state index in [0.29, 0.717) is 0 Å². The van der Waals surface area contributed by atoms with Gasteiger partial charge in [-0.1, -0.05) is 60.7 Å². The highest BCUT2D eigenvalue weighted by molar-refractivity contribution is 5.95. The Bertz CT molecular complexity index is 1230. The summed E-state index contributed by atoms with van der Waals surface area (Å²) >= 11 is 0. The average Bonchev–Trinajstić information content (AvgIpc) is 3.23. The Balaban J connectivity index is 1.41. The van der Waals surface area contributed by atoms with Crippen molar-refractivity contribution >= 4 is 17.8 Å². The molecule has 0 bridgehead atoms. The Kier molecular flexibility index (Phi) is 7.02. The molecule has 35 heavy (non-hydrogen) atoms. The van der Waals surface area contributed by atoms with Crippen LogP contribution in [0.2, 0.25) is 0 Å². The second-order valence-corrected chi connectivity index (χ2v) is 9.04. The molecule has 1 fully saturated rings. The Morgan fingerprint density at radius 1 is 0.857 bits per heavy atom. The van der Waals surface area contributed by atoms with Crippen LogP contribution in [0.4, 0.5) is 11.4 Å². The molecule has 1 N–H and O–H groups in total. The van der Waals surface area contributed by atoms with Crippen LogP contribution in [-0.4, -0.2) is 52.4 Å². The fourth-order valence-electron chi connectivity index (χ4n) is 4.84. The number of aromatic nitrogens is 2. The standard InChI is InChI=1S/C29H31N5O/c1-23-27(21-33-18-16-32(17-19-33)20-24-8-4-2-5-9-24)29(28(31-23)25-10-6-3-7-11-25)34(22-35)26-12-14-30-15-13-26/h2-15,22,31H,16-21H2,1H3. The number of hydrogen-bond donors (Lipinski definition) is 1. The number of nitrogens with one attached hydrogen (secondary N) is 1. The molecule has 2 aromatic carbocycles. The van der Waals surface area contributed by atoms with Gasteiger partial charge in [0.2, 0.25) is 6.41 Å². The number of pyridine rings is 1. The first-order chi connectivity index (χ1) is 17.2. The van der Waals surface area contributed by atoms with Gasteiger partial charge >= 0.3 is 0 Å². The van der Waals surface area contributed by atoms with Crippen LogP contribution in [-0.2, 0) is 17.9 Å². The summed E-state index contributed by atoms with van der Waals surface area (Å²) in [5.41, 5.74) is 7.35. The van der Waals surface area contributed by atoms with E-state index in [1.54, 1.807) is 17.3 Å². The van der Waals surface area contributed by atoms with Crippen LogP contribution in [0.5, 0.6) is 0 Å². The first-order valence-corrected chi connectivity index (χ1v) is 12.1. The number of piperazine rings is 1. The van der Waals surface area contributed by atoms with E-state index >= 15 is 0 Å². The van der Waals surface area contributed by atoms with Gasteiger partial charge in [-0.2, -0.15) is 0 Å². The second-order valence-electron chi connectivity index (χ2n) is 9.04. The van der Waals surface area contributed by atoms with Gasteiger partial charge in [0.25, 0.3) is 0 Å². The molecule has 4 aromatic rings. The van der Waals surface area contributed by atoms with Crippen molar-refractivity contribution in [3.05, 3.63) is 102 Å². The first kappa shape index (κ1) is 23.0. The number of benzene rings is 2. The molecule has 2 aromatic heterocycles. The highest BCUT2D eigenvalue weighted by Gasteiger charge is 2.26. The maximum atomic E-state index is 12.4. The second kappa shape index (κ2) is 10.7. The topological polar surface area (TPSA) is 55.5 Å². The molecule has 0 unspecified atom stereocenters. The number of aromatic amines is 1. The molecule has 178 valence electrons. The fraction of sp³-hybridized carbons (Fsp3) is 0.241. The van der Waals surface area contributed by atoms with Crippen LogP contribution in [0.1, 0.15) is 16.8 Å². The lowest BCUT2D eigenvalue weighted by atomic mass is 10.1. The van der Waals surface area contributed by atoms with Gasteiger partial charge in [-0.05, 0) is 24.6 Å². The lowest BCUT2D eigenvalue weighted by Gasteiger charge is -2.35. The van der Waals surface area contributed by atoms with E-state index in [2.05, 4.69) is 69.2 Å². The zero-order valence-electron chi connectivity index (χ0n) is 20.1. The third-order valence-electron chi connectivity index (χ3n) is 6.73. The van der Waals surface area contributed by atoms with Crippen LogP contribution < -0.4 is 4.90 Å². The number of carbonyl (C=O) groups is 1. The molecule has 0 saturated carbocycles. The predicted molar refractivity (Wildman–Crippen MR) is 140 cm³/mol. The molecule has 3 heterocycles. The summed E-state index contributed by atoms with van der Waals surface area (Å²) in [5, 5.41) is 0. The molecule has 6 heteroatoms. The monoisotopic (exact) mass is 465 g/mol. The van der Waals surface area contributed by atoms with Gasteiger partial charge in [0.05, 0.1) is 17.1 Å². The number of aryl methyl sites for hydroxylation is 1. The maximum Gasteiger partial charge on any atom is 0.218 e. The first-order valence-electron chi connectivity index (χ1n) is 12.1. The van der Waals surface area contributed by atoms with E-state index in [1.807, 2.05) is 30.3 Å². The summed E-state index contributed by atoms with van der Waals surface area (Å²) in [6.07, 6.45) is 4.35. The number of anilines is 2. The third kappa shape index (κ3) is 5.19. The van der Waals surface area contributed by atoms with Gasteiger partial charge in [0, 0.05) is 68.5 Å².